The van der Waals surface area contributed by atoms with Crippen molar-refractivity contribution in [3.05, 3.63) is 84.5 Å². The van der Waals surface area contributed by atoms with Crippen LogP contribution in [0.4, 0.5) is 5.69 Å². The predicted octanol–water partition coefficient (Wildman–Crippen LogP) is 7.60. The van der Waals surface area contributed by atoms with Crippen molar-refractivity contribution in [1.29, 1.82) is 0 Å². The number of hydrogen-bond donors (Lipinski definition) is 2. The molecule has 0 saturated heterocycles. The molecule has 0 spiro atoms. The van der Waals surface area contributed by atoms with Gasteiger partial charge in [-0.05, 0) is 56.0 Å². The first-order chi connectivity index (χ1) is 14.0. The molecule has 0 amide bonds. The Morgan fingerprint density at radius 2 is 1.59 bits per heavy atom. The lowest BCUT2D eigenvalue weighted by atomic mass is 9.97. The quantitative estimate of drug-likeness (QED) is 0.339. The number of hydrogen-bond acceptors (Lipinski definition) is 2. The van der Waals surface area contributed by atoms with E-state index in [9.17, 15) is 0 Å². The van der Waals surface area contributed by atoms with Crippen molar-refractivity contribution in [3.63, 3.8) is 0 Å². The van der Waals surface area contributed by atoms with Crippen molar-refractivity contribution < 1.29 is 0 Å². The minimum atomic E-state index is 0.798. The second kappa shape index (κ2) is 17.8. The maximum atomic E-state index is 5.53. The Balaban J connectivity index is 0.00000116. The largest absolute Gasteiger partial charge is 0.385 e. The van der Waals surface area contributed by atoms with Crippen LogP contribution in [-0.2, 0) is 0 Å². The maximum absolute atomic E-state index is 5.53. The number of anilines is 1. The second-order valence-electron chi connectivity index (χ2n) is 7.14. The van der Waals surface area contributed by atoms with Crippen LogP contribution in [0, 0.1) is 6.92 Å². The summed E-state index contributed by atoms with van der Waals surface area (Å²) in [7, 11) is 0. The topological polar surface area (TPSA) is 38.0 Å². The molecule has 2 heteroatoms. The van der Waals surface area contributed by atoms with Gasteiger partial charge in [0.1, 0.15) is 0 Å². The summed E-state index contributed by atoms with van der Waals surface area (Å²) in [5.74, 6) is 0. The fourth-order valence-electron chi connectivity index (χ4n) is 2.71. The van der Waals surface area contributed by atoms with E-state index in [1.165, 1.54) is 48.1 Å². The average Bonchev–Trinajstić information content (AvgIpc) is 2.72. The van der Waals surface area contributed by atoms with Crippen molar-refractivity contribution in [2.45, 2.75) is 59.8 Å². The van der Waals surface area contributed by atoms with E-state index in [0.29, 0.717) is 0 Å². The number of benzene rings is 2. The van der Waals surface area contributed by atoms with Crippen LogP contribution < -0.4 is 11.1 Å². The van der Waals surface area contributed by atoms with E-state index in [1.807, 2.05) is 13.0 Å². The van der Waals surface area contributed by atoms with Crippen LogP contribution in [0.3, 0.4) is 0 Å². The van der Waals surface area contributed by atoms with Gasteiger partial charge >= 0.3 is 0 Å². The molecule has 0 bridgehead atoms. The Hall–Kier alpha value is -2.32. The van der Waals surface area contributed by atoms with Gasteiger partial charge < -0.3 is 11.1 Å². The van der Waals surface area contributed by atoms with Gasteiger partial charge in [0.15, 0.2) is 0 Å². The van der Waals surface area contributed by atoms with Gasteiger partial charge in [-0.3, -0.25) is 0 Å². The van der Waals surface area contributed by atoms with Gasteiger partial charge in [0.25, 0.3) is 0 Å². The lowest BCUT2D eigenvalue weighted by Gasteiger charge is -2.15. The first kappa shape index (κ1) is 26.7. The molecule has 0 heterocycles. The summed E-state index contributed by atoms with van der Waals surface area (Å²) in [5.41, 5.74) is 11.4. The Morgan fingerprint density at radius 3 is 2.17 bits per heavy atom. The zero-order chi connectivity index (χ0) is 21.9. The lowest BCUT2D eigenvalue weighted by Crippen LogP contribution is -2.05. The van der Waals surface area contributed by atoms with Crippen molar-refractivity contribution in [2.75, 3.05) is 18.4 Å². The number of unbranched alkanes of at least 4 members (excludes halogenated alkanes) is 3. The van der Waals surface area contributed by atoms with Crippen LogP contribution in [0.25, 0.3) is 5.57 Å². The third kappa shape index (κ3) is 12.0. The van der Waals surface area contributed by atoms with Crippen molar-refractivity contribution >= 4 is 11.3 Å². The van der Waals surface area contributed by atoms with Gasteiger partial charge in [-0.15, -0.1) is 6.58 Å². The molecule has 3 N–H and O–H groups in total. The molecule has 29 heavy (non-hydrogen) atoms. The zero-order valence-corrected chi connectivity index (χ0v) is 19.1. The third-order valence-electron chi connectivity index (χ3n) is 4.07. The number of nitrogens with one attached hydrogen (secondary N) is 1. The SMILES string of the molecule is C=C(c1ccccc1)c1ccc(C)cc1NCCCCCCN.C=CC.CCC. The van der Waals surface area contributed by atoms with E-state index >= 15 is 0 Å². The minimum Gasteiger partial charge on any atom is -0.385 e. The summed E-state index contributed by atoms with van der Waals surface area (Å²) < 4.78 is 0. The van der Waals surface area contributed by atoms with Crippen molar-refractivity contribution in [3.8, 4) is 0 Å². The molecule has 0 unspecified atom stereocenters. The van der Waals surface area contributed by atoms with Crippen molar-refractivity contribution in [1.82, 2.24) is 0 Å². The average molecular weight is 395 g/mol. The zero-order valence-electron chi connectivity index (χ0n) is 19.1. The van der Waals surface area contributed by atoms with Crippen molar-refractivity contribution in [2.24, 2.45) is 5.73 Å². The highest BCUT2D eigenvalue weighted by molar-refractivity contribution is 5.85. The van der Waals surface area contributed by atoms with Gasteiger partial charge in [-0.25, -0.2) is 0 Å². The Kier molecular flexibility index (Phi) is 16.3. The van der Waals surface area contributed by atoms with Crippen LogP contribution in [0.15, 0.2) is 67.8 Å². The summed E-state index contributed by atoms with van der Waals surface area (Å²) in [6.45, 7) is 17.7. The molecule has 0 aliphatic rings. The number of aryl methyl sites for hydroxylation is 1. The molecule has 0 aliphatic carbocycles. The molecule has 0 aromatic heterocycles. The van der Waals surface area contributed by atoms with E-state index in [2.05, 4.69) is 81.7 Å². The molecule has 0 atom stereocenters. The van der Waals surface area contributed by atoms with Crippen LogP contribution >= 0.6 is 0 Å². The molecular weight excluding hydrogens is 352 g/mol. The Labute approximate surface area is 179 Å². The molecule has 2 aromatic rings. The summed E-state index contributed by atoms with van der Waals surface area (Å²) in [5, 5.41) is 3.59. The van der Waals surface area contributed by atoms with E-state index in [4.69, 9.17) is 5.73 Å². The molecular formula is C27H42N2. The van der Waals surface area contributed by atoms with Gasteiger partial charge in [0.2, 0.25) is 0 Å². The highest BCUT2D eigenvalue weighted by Gasteiger charge is 2.08. The first-order valence-electron chi connectivity index (χ1n) is 10.9. The van der Waals surface area contributed by atoms with Gasteiger partial charge in [0.05, 0.1) is 0 Å². The predicted molar refractivity (Wildman–Crippen MR) is 134 cm³/mol. The van der Waals surface area contributed by atoms with Crippen LogP contribution in [0.2, 0.25) is 0 Å². The maximum Gasteiger partial charge on any atom is 0.0422 e. The summed E-state index contributed by atoms with van der Waals surface area (Å²) >= 11 is 0. The molecule has 0 saturated carbocycles. The van der Waals surface area contributed by atoms with E-state index in [1.54, 1.807) is 6.08 Å². The number of rotatable bonds is 9. The highest BCUT2D eigenvalue weighted by atomic mass is 14.9. The molecule has 2 nitrogen and oxygen atoms in total. The third-order valence-corrected chi connectivity index (χ3v) is 4.07. The van der Waals surface area contributed by atoms with Gasteiger partial charge in [-0.2, -0.15) is 0 Å². The van der Waals surface area contributed by atoms with E-state index < -0.39 is 0 Å². The fraction of sp³-hybridized carbons (Fsp3) is 0.407. The molecule has 160 valence electrons. The standard InChI is InChI=1S/C21H28N2.C3H8.C3H6/c1-17-12-13-20(18(2)19-10-6-5-7-11-19)21(16-17)23-15-9-4-3-8-14-22;2*1-3-2/h5-7,10-13,16,23H,2-4,8-9,14-15,22H2,1H3;3H2,1-2H3;3H,1H2,2H3. The second-order valence-corrected chi connectivity index (χ2v) is 7.14. The lowest BCUT2D eigenvalue weighted by molar-refractivity contribution is 0.661. The Morgan fingerprint density at radius 1 is 1.00 bits per heavy atom. The molecule has 0 aliphatic heterocycles. The normalized spacial score (nSPS) is 9.41. The molecule has 0 radical (unpaired) electrons. The molecule has 2 rings (SSSR count). The monoisotopic (exact) mass is 394 g/mol. The van der Waals surface area contributed by atoms with E-state index in [-0.39, 0.29) is 0 Å². The number of allylic oxidation sites excluding steroid dienone is 1. The Bertz CT molecular complexity index is 674. The van der Waals surface area contributed by atoms with Crippen LogP contribution in [-0.4, -0.2) is 13.1 Å². The van der Waals surface area contributed by atoms with Gasteiger partial charge in [-0.1, -0.05) is 88.2 Å². The van der Waals surface area contributed by atoms with Gasteiger partial charge in [0, 0.05) is 17.8 Å². The minimum absolute atomic E-state index is 0.798. The molecule has 2 aromatic carbocycles. The first-order valence-corrected chi connectivity index (χ1v) is 10.9. The summed E-state index contributed by atoms with van der Waals surface area (Å²) in [6.07, 6.45) is 7.74. The highest BCUT2D eigenvalue weighted by Crippen LogP contribution is 2.29. The van der Waals surface area contributed by atoms with Crippen LogP contribution in [0.1, 0.15) is 69.6 Å². The summed E-state index contributed by atoms with van der Waals surface area (Å²) in [4.78, 5) is 0. The fourth-order valence-corrected chi connectivity index (χ4v) is 2.71. The van der Waals surface area contributed by atoms with E-state index in [0.717, 1.165) is 25.1 Å². The smallest absolute Gasteiger partial charge is 0.0422 e. The van der Waals surface area contributed by atoms with Crippen LogP contribution in [0.5, 0.6) is 0 Å². The number of nitrogens with two attached hydrogens (primary N) is 1. The summed E-state index contributed by atoms with van der Waals surface area (Å²) in [6, 6.07) is 16.9. The molecule has 0 fully saturated rings.